The lowest BCUT2D eigenvalue weighted by Gasteiger charge is -1.96. The molecule has 0 aliphatic heterocycles. The molecule has 0 amide bonds. The lowest BCUT2D eigenvalue weighted by Crippen LogP contribution is -2.10. The lowest BCUT2D eigenvalue weighted by molar-refractivity contribution is -0.117. The van der Waals surface area contributed by atoms with Gasteiger partial charge in [-0.15, -0.1) is 0 Å². The van der Waals surface area contributed by atoms with E-state index in [4.69, 9.17) is 0 Å². The Balaban J connectivity index is 3.34. The third kappa shape index (κ3) is 5.81. The fraction of sp³-hybridized carbons (Fsp3) is 1.00. The summed E-state index contributed by atoms with van der Waals surface area (Å²) in [6.07, 6.45) is -4.22. The van der Waals surface area contributed by atoms with Gasteiger partial charge in [0.15, 0.2) is 0 Å². The molecule has 0 atom stereocenters. The first-order chi connectivity index (χ1) is 3.06. The number of halogens is 3. The maximum absolute atomic E-state index is 10.9. The van der Waals surface area contributed by atoms with E-state index in [0.717, 1.165) is 0 Å². The molecule has 0 spiro atoms. The van der Waals surface area contributed by atoms with Crippen LogP contribution >= 0.6 is 0 Å². The van der Waals surface area contributed by atoms with Crippen LogP contribution in [-0.2, 0) is 12.4 Å². The minimum absolute atomic E-state index is 1.22. The molecule has 42 valence electrons. The van der Waals surface area contributed by atoms with Gasteiger partial charge in [0.05, 0.1) is 0 Å². The molecule has 0 bridgehead atoms. The van der Waals surface area contributed by atoms with Crippen LogP contribution in [-0.4, -0.2) is 12.7 Å². The lowest BCUT2D eigenvalue weighted by atomic mass is 10.7. The van der Waals surface area contributed by atoms with Crippen LogP contribution in [0.5, 0.6) is 0 Å². The van der Waals surface area contributed by atoms with Gasteiger partial charge in [-0.3, -0.25) is 0 Å². The van der Waals surface area contributed by atoms with Crippen LogP contribution in [0.2, 0.25) is 0 Å². The van der Waals surface area contributed by atoms with Crippen molar-refractivity contribution in [2.45, 2.75) is 6.18 Å². The first-order valence-corrected chi connectivity index (χ1v) is 1.78. The van der Waals surface area contributed by atoms with E-state index in [0.29, 0.717) is 0 Å². The minimum Gasteiger partial charge on any atom is -0.210 e. The molecular formula is C2H2F3NS. The standard InChI is InChI=1S/C2H2F3NS/c3-2(4,5)1-6-7/h1H2. The van der Waals surface area contributed by atoms with Crippen LogP contribution in [0.15, 0.2) is 4.36 Å². The maximum Gasteiger partial charge on any atom is 0.409 e. The largest absolute Gasteiger partial charge is 0.409 e. The Morgan fingerprint density at radius 2 is 1.86 bits per heavy atom. The zero-order chi connectivity index (χ0) is 5.91. The Morgan fingerprint density at radius 1 is 1.43 bits per heavy atom. The Labute approximate surface area is 43.7 Å². The molecule has 0 rings (SSSR count). The highest BCUT2D eigenvalue weighted by Gasteiger charge is 2.25. The second-order valence-corrected chi connectivity index (χ2v) is 1.16. The molecule has 0 saturated heterocycles. The summed E-state index contributed by atoms with van der Waals surface area (Å²) >= 11 is 3.71. The summed E-state index contributed by atoms with van der Waals surface area (Å²) in [4.78, 5) is 0. The van der Waals surface area contributed by atoms with Gasteiger partial charge in [0.2, 0.25) is 0 Å². The van der Waals surface area contributed by atoms with Gasteiger partial charge in [-0.1, -0.05) is 0 Å². The Bertz CT molecular complexity index is 67.8. The fourth-order valence-corrected chi connectivity index (χ4v) is 0.220. The van der Waals surface area contributed by atoms with Crippen molar-refractivity contribution in [3.05, 3.63) is 0 Å². The molecule has 0 aliphatic rings. The molecule has 0 aliphatic carbocycles. The average Bonchev–Trinajstić information content (AvgIpc) is 1.30. The summed E-state index contributed by atoms with van der Waals surface area (Å²) < 4.78 is 35.2. The molecule has 7 heavy (non-hydrogen) atoms. The molecule has 0 aromatic heterocycles. The van der Waals surface area contributed by atoms with Crippen molar-refractivity contribution < 1.29 is 13.2 Å². The van der Waals surface area contributed by atoms with Gasteiger partial charge in [-0.2, -0.15) is 13.2 Å². The van der Waals surface area contributed by atoms with E-state index in [2.05, 4.69) is 16.8 Å². The summed E-state index contributed by atoms with van der Waals surface area (Å²) in [7, 11) is 0. The fourth-order valence-electron chi connectivity index (χ4n) is 0.0732. The third-order valence-electron chi connectivity index (χ3n) is 0.244. The maximum atomic E-state index is 10.9. The first-order valence-electron chi connectivity index (χ1n) is 1.42. The van der Waals surface area contributed by atoms with Crippen molar-refractivity contribution in [2.75, 3.05) is 6.54 Å². The van der Waals surface area contributed by atoms with Crippen molar-refractivity contribution in [1.29, 1.82) is 0 Å². The number of nitrogens with zero attached hydrogens (tertiary/aromatic N) is 1. The second kappa shape index (κ2) is 2.20. The highest BCUT2D eigenvalue weighted by atomic mass is 32.1. The van der Waals surface area contributed by atoms with Crippen LogP contribution in [0.3, 0.4) is 0 Å². The van der Waals surface area contributed by atoms with Gasteiger partial charge in [-0.25, -0.2) is 4.36 Å². The van der Waals surface area contributed by atoms with Crippen LogP contribution in [0.1, 0.15) is 0 Å². The molecule has 0 aromatic carbocycles. The normalized spacial score (nSPS) is 11.3. The highest BCUT2D eigenvalue weighted by Crippen LogP contribution is 2.13. The van der Waals surface area contributed by atoms with Crippen molar-refractivity contribution >= 4 is 12.4 Å². The first kappa shape index (κ1) is 6.81. The summed E-state index contributed by atoms with van der Waals surface area (Å²) in [5.41, 5.74) is 0. The average molecular weight is 129 g/mol. The molecular weight excluding hydrogens is 127 g/mol. The molecule has 0 saturated carbocycles. The zero-order valence-electron chi connectivity index (χ0n) is 3.20. The van der Waals surface area contributed by atoms with Crippen LogP contribution in [0.25, 0.3) is 0 Å². The van der Waals surface area contributed by atoms with E-state index >= 15 is 0 Å². The van der Waals surface area contributed by atoms with Gasteiger partial charge in [-0.05, 0) is 0 Å². The van der Waals surface area contributed by atoms with Crippen LogP contribution < -0.4 is 0 Å². The summed E-state index contributed by atoms with van der Waals surface area (Å²) in [5.74, 6) is 0. The predicted molar refractivity (Wildman–Crippen MR) is 20.7 cm³/mol. The predicted octanol–water partition coefficient (Wildman–Crippen LogP) is 1.28. The van der Waals surface area contributed by atoms with Gasteiger partial charge in [0.25, 0.3) is 0 Å². The quantitative estimate of drug-likeness (QED) is 0.519. The summed E-state index contributed by atoms with van der Waals surface area (Å²) in [6, 6.07) is 0. The Kier molecular flexibility index (Phi) is 2.14. The topological polar surface area (TPSA) is 12.4 Å². The Hall–Kier alpha value is -0.190. The SMILES string of the molecule is FC(F)(F)CN=S. The van der Waals surface area contributed by atoms with Crippen LogP contribution in [0.4, 0.5) is 13.2 Å². The van der Waals surface area contributed by atoms with E-state index in [1.165, 1.54) is 0 Å². The monoisotopic (exact) mass is 129 g/mol. The number of hydrogen-bond donors (Lipinski definition) is 0. The molecule has 0 radical (unpaired) electrons. The third-order valence-corrected chi connectivity index (χ3v) is 0.373. The molecule has 0 aromatic rings. The molecule has 5 heteroatoms. The van der Waals surface area contributed by atoms with Crippen molar-refractivity contribution in [3.8, 4) is 0 Å². The smallest absolute Gasteiger partial charge is 0.210 e. The van der Waals surface area contributed by atoms with Crippen molar-refractivity contribution in [3.63, 3.8) is 0 Å². The van der Waals surface area contributed by atoms with E-state index in [9.17, 15) is 13.2 Å². The van der Waals surface area contributed by atoms with E-state index in [-0.39, 0.29) is 0 Å². The molecule has 0 unspecified atom stereocenters. The van der Waals surface area contributed by atoms with Crippen LogP contribution in [0, 0.1) is 0 Å². The molecule has 1 nitrogen and oxygen atoms in total. The second-order valence-electron chi connectivity index (χ2n) is 0.902. The van der Waals surface area contributed by atoms with Crippen molar-refractivity contribution in [1.82, 2.24) is 0 Å². The number of alkyl halides is 3. The van der Waals surface area contributed by atoms with E-state index < -0.39 is 12.7 Å². The highest BCUT2D eigenvalue weighted by molar-refractivity contribution is 7.47. The van der Waals surface area contributed by atoms with Crippen molar-refractivity contribution in [2.24, 2.45) is 4.36 Å². The molecule has 0 heterocycles. The minimum atomic E-state index is -4.22. The van der Waals surface area contributed by atoms with Gasteiger partial charge >= 0.3 is 6.18 Å². The summed E-state index contributed by atoms with van der Waals surface area (Å²) in [6.45, 7) is -1.22. The molecule has 0 N–H and O–H groups in total. The number of hydrogen-bond acceptors (Lipinski definition) is 2. The zero-order valence-corrected chi connectivity index (χ0v) is 4.01. The van der Waals surface area contributed by atoms with Gasteiger partial charge in [0, 0.05) is 12.4 Å². The van der Waals surface area contributed by atoms with Gasteiger partial charge in [0.1, 0.15) is 6.54 Å². The molecule has 0 fully saturated rings. The Morgan fingerprint density at radius 3 is 1.86 bits per heavy atom. The van der Waals surface area contributed by atoms with Gasteiger partial charge < -0.3 is 0 Å². The van der Waals surface area contributed by atoms with E-state index in [1.54, 1.807) is 0 Å². The van der Waals surface area contributed by atoms with E-state index in [1.807, 2.05) is 0 Å². The summed E-state index contributed by atoms with van der Waals surface area (Å²) in [5, 5.41) is 0. The number of rotatable bonds is 1.